The monoisotopic (exact) mass is 410 g/mol. The van der Waals surface area contributed by atoms with E-state index in [2.05, 4.69) is 10.4 Å². The van der Waals surface area contributed by atoms with Crippen LogP contribution in [0.5, 0.6) is 0 Å². The SMILES string of the molecule is Cc1nn([C@@H]2CCS(=O)(=O)C2)c2nc(-c3ccccc3)cc(C(=O)NC3CC3)c12. The lowest BCUT2D eigenvalue weighted by molar-refractivity contribution is 0.0952. The van der Waals surface area contributed by atoms with Crippen LogP contribution in [-0.4, -0.2) is 46.6 Å². The maximum Gasteiger partial charge on any atom is 0.252 e. The van der Waals surface area contributed by atoms with Crippen molar-refractivity contribution in [3.63, 3.8) is 0 Å². The van der Waals surface area contributed by atoms with Gasteiger partial charge in [-0.3, -0.25) is 4.79 Å². The number of sulfone groups is 1. The Kier molecular flexibility index (Phi) is 4.20. The number of fused-ring (bicyclic) bond motifs is 1. The first-order chi connectivity index (χ1) is 13.9. The summed E-state index contributed by atoms with van der Waals surface area (Å²) in [6.07, 6.45) is 2.52. The molecule has 0 radical (unpaired) electrons. The summed E-state index contributed by atoms with van der Waals surface area (Å²) in [5.74, 6) is 0.0917. The molecule has 1 aliphatic carbocycles. The fraction of sp³-hybridized carbons (Fsp3) is 0.381. The highest BCUT2D eigenvalue weighted by molar-refractivity contribution is 7.91. The van der Waals surface area contributed by atoms with E-state index in [-0.39, 0.29) is 29.5 Å². The van der Waals surface area contributed by atoms with Crippen molar-refractivity contribution >= 4 is 26.8 Å². The van der Waals surface area contributed by atoms with E-state index in [1.807, 2.05) is 43.3 Å². The van der Waals surface area contributed by atoms with Crippen LogP contribution in [0.4, 0.5) is 0 Å². The van der Waals surface area contributed by atoms with E-state index in [0.717, 1.165) is 18.4 Å². The summed E-state index contributed by atoms with van der Waals surface area (Å²) in [5, 5.41) is 8.38. The molecule has 3 heterocycles. The Labute approximate surface area is 169 Å². The summed E-state index contributed by atoms with van der Waals surface area (Å²) >= 11 is 0. The van der Waals surface area contributed by atoms with Crippen molar-refractivity contribution in [3.05, 3.63) is 47.7 Å². The molecule has 2 aliphatic rings. The van der Waals surface area contributed by atoms with Crippen LogP contribution in [0.2, 0.25) is 0 Å². The molecule has 0 bridgehead atoms. The molecule has 0 unspecified atom stereocenters. The van der Waals surface area contributed by atoms with E-state index in [4.69, 9.17) is 4.98 Å². The fourth-order valence-electron chi connectivity index (χ4n) is 3.96. The molecule has 3 aromatic rings. The number of rotatable bonds is 4. The molecular formula is C21H22N4O3S. The number of carbonyl (C=O) groups excluding carboxylic acids is 1. The second-order valence-electron chi connectivity index (χ2n) is 7.95. The number of aryl methyl sites for hydroxylation is 1. The Bertz CT molecular complexity index is 1210. The maximum absolute atomic E-state index is 13.0. The average molecular weight is 410 g/mol. The quantitative estimate of drug-likeness (QED) is 0.714. The Hall–Kier alpha value is -2.74. The minimum Gasteiger partial charge on any atom is -0.349 e. The molecule has 150 valence electrons. The molecule has 1 amide bonds. The summed E-state index contributed by atoms with van der Waals surface area (Å²) in [5.41, 5.74) is 3.40. The predicted octanol–water partition coefficient (Wildman–Crippen LogP) is 2.66. The zero-order valence-corrected chi connectivity index (χ0v) is 16.9. The summed E-state index contributed by atoms with van der Waals surface area (Å²) in [6, 6.07) is 11.5. The van der Waals surface area contributed by atoms with Crippen molar-refractivity contribution in [2.75, 3.05) is 11.5 Å². The van der Waals surface area contributed by atoms with Crippen molar-refractivity contribution in [2.24, 2.45) is 0 Å². The minimum atomic E-state index is -3.07. The van der Waals surface area contributed by atoms with Crippen molar-refractivity contribution in [3.8, 4) is 11.3 Å². The van der Waals surface area contributed by atoms with Gasteiger partial charge in [0.05, 0.1) is 39.9 Å². The van der Waals surface area contributed by atoms with Crippen LogP contribution in [0.15, 0.2) is 36.4 Å². The van der Waals surface area contributed by atoms with Crippen LogP contribution >= 0.6 is 0 Å². The molecule has 1 N–H and O–H groups in total. The van der Waals surface area contributed by atoms with Gasteiger partial charge in [-0.15, -0.1) is 0 Å². The maximum atomic E-state index is 13.0. The zero-order valence-electron chi connectivity index (χ0n) is 16.1. The largest absolute Gasteiger partial charge is 0.349 e. The molecule has 5 rings (SSSR count). The van der Waals surface area contributed by atoms with Gasteiger partial charge >= 0.3 is 0 Å². The molecule has 1 saturated heterocycles. The summed E-state index contributed by atoms with van der Waals surface area (Å²) < 4.78 is 25.8. The fourth-order valence-corrected chi connectivity index (χ4v) is 5.65. The highest BCUT2D eigenvalue weighted by atomic mass is 32.2. The van der Waals surface area contributed by atoms with Gasteiger partial charge in [-0.05, 0) is 32.3 Å². The van der Waals surface area contributed by atoms with Crippen LogP contribution in [0.3, 0.4) is 0 Å². The summed E-state index contributed by atoms with van der Waals surface area (Å²) in [7, 11) is -3.07. The first-order valence-electron chi connectivity index (χ1n) is 9.88. The molecule has 1 saturated carbocycles. The smallest absolute Gasteiger partial charge is 0.252 e. The number of aromatic nitrogens is 3. The minimum absolute atomic E-state index is 0.0596. The van der Waals surface area contributed by atoms with Crippen LogP contribution in [0, 0.1) is 6.92 Å². The number of hydrogen-bond acceptors (Lipinski definition) is 5. The van der Waals surface area contributed by atoms with Gasteiger partial charge in [0.15, 0.2) is 15.5 Å². The van der Waals surface area contributed by atoms with E-state index < -0.39 is 9.84 Å². The van der Waals surface area contributed by atoms with E-state index >= 15 is 0 Å². The van der Waals surface area contributed by atoms with Gasteiger partial charge in [-0.2, -0.15) is 5.10 Å². The lowest BCUT2D eigenvalue weighted by Crippen LogP contribution is -2.25. The van der Waals surface area contributed by atoms with Crippen molar-refractivity contribution in [1.29, 1.82) is 0 Å². The van der Waals surface area contributed by atoms with Gasteiger partial charge in [-0.25, -0.2) is 18.1 Å². The Morgan fingerprint density at radius 2 is 1.93 bits per heavy atom. The molecule has 29 heavy (non-hydrogen) atoms. The van der Waals surface area contributed by atoms with E-state index in [1.165, 1.54) is 0 Å². The Morgan fingerprint density at radius 1 is 1.17 bits per heavy atom. The average Bonchev–Trinajstić information content (AvgIpc) is 3.36. The van der Waals surface area contributed by atoms with E-state index in [0.29, 0.717) is 34.4 Å². The standard InChI is InChI=1S/C21H22N4O3S/c1-13-19-17(21(26)22-15-7-8-15)11-18(14-5-3-2-4-6-14)23-20(19)25(24-13)16-9-10-29(27,28)12-16/h2-6,11,15-16H,7-10,12H2,1H3,(H,22,26)/t16-/m1/s1. The lowest BCUT2D eigenvalue weighted by atomic mass is 10.0. The first kappa shape index (κ1) is 18.3. The molecule has 8 heteroatoms. The van der Waals surface area contributed by atoms with Gasteiger partial charge in [-0.1, -0.05) is 30.3 Å². The summed E-state index contributed by atoms with van der Waals surface area (Å²) in [6.45, 7) is 1.85. The zero-order chi connectivity index (χ0) is 20.2. The second kappa shape index (κ2) is 6.66. The molecule has 7 nitrogen and oxygen atoms in total. The molecule has 1 aliphatic heterocycles. The topological polar surface area (TPSA) is 93.9 Å². The van der Waals surface area contributed by atoms with Crippen molar-refractivity contribution in [1.82, 2.24) is 20.1 Å². The number of pyridine rings is 1. The molecular weight excluding hydrogens is 388 g/mol. The predicted molar refractivity (Wildman–Crippen MR) is 110 cm³/mol. The van der Waals surface area contributed by atoms with Crippen molar-refractivity contribution in [2.45, 2.75) is 38.3 Å². The first-order valence-corrected chi connectivity index (χ1v) is 11.7. The molecule has 2 fully saturated rings. The Morgan fingerprint density at radius 3 is 2.59 bits per heavy atom. The molecule has 0 spiro atoms. The molecule has 2 aromatic heterocycles. The lowest BCUT2D eigenvalue weighted by Gasteiger charge is -2.12. The second-order valence-corrected chi connectivity index (χ2v) is 10.2. The summed E-state index contributed by atoms with van der Waals surface area (Å²) in [4.78, 5) is 17.8. The third-order valence-electron chi connectivity index (χ3n) is 5.62. The van der Waals surface area contributed by atoms with Gasteiger partial charge in [0.1, 0.15) is 0 Å². The highest BCUT2D eigenvalue weighted by Gasteiger charge is 2.33. The molecule has 1 atom stereocenters. The van der Waals surface area contributed by atoms with Crippen LogP contribution in [0.25, 0.3) is 22.3 Å². The number of nitrogens with one attached hydrogen (secondary N) is 1. The van der Waals surface area contributed by atoms with Gasteiger partial charge in [0.2, 0.25) is 0 Å². The van der Waals surface area contributed by atoms with Crippen LogP contribution < -0.4 is 5.32 Å². The van der Waals surface area contributed by atoms with Gasteiger partial charge in [0.25, 0.3) is 5.91 Å². The number of benzene rings is 1. The van der Waals surface area contributed by atoms with Crippen LogP contribution in [-0.2, 0) is 9.84 Å². The normalized spacial score (nSPS) is 20.8. The third-order valence-corrected chi connectivity index (χ3v) is 7.37. The number of amides is 1. The highest BCUT2D eigenvalue weighted by Crippen LogP contribution is 2.32. The Balaban J connectivity index is 1.70. The van der Waals surface area contributed by atoms with Gasteiger partial charge < -0.3 is 5.32 Å². The third kappa shape index (κ3) is 3.42. The molecule has 1 aromatic carbocycles. The van der Waals surface area contributed by atoms with E-state index in [9.17, 15) is 13.2 Å². The number of nitrogens with zero attached hydrogens (tertiary/aromatic N) is 3. The van der Waals surface area contributed by atoms with Gasteiger partial charge in [0, 0.05) is 11.6 Å². The number of carbonyl (C=O) groups is 1. The van der Waals surface area contributed by atoms with E-state index in [1.54, 1.807) is 4.68 Å². The number of hydrogen-bond donors (Lipinski definition) is 1. The van der Waals surface area contributed by atoms with Crippen molar-refractivity contribution < 1.29 is 13.2 Å². The van der Waals surface area contributed by atoms with Crippen LogP contribution in [0.1, 0.15) is 41.4 Å².